The Bertz CT molecular complexity index is 1260. The molecule has 7 fully saturated rings. The van der Waals surface area contributed by atoms with Gasteiger partial charge in [0.1, 0.15) is 48.8 Å². The van der Waals surface area contributed by atoms with E-state index in [0.717, 1.165) is 51.4 Å². The van der Waals surface area contributed by atoms with Gasteiger partial charge < -0.3 is 69.6 Å². The molecule has 306 valence electrons. The molecule has 4 aliphatic carbocycles. The molecule has 14 nitrogen and oxygen atoms in total. The molecule has 0 radical (unpaired) electrons. The molecule has 1 unspecified atom stereocenters. The molecule has 0 spiro atoms. The summed E-state index contributed by atoms with van der Waals surface area (Å²) in [5.41, 5.74) is 0.235. The fraction of sp³-hybridized carbons (Fsp3) is 1.00. The number of aliphatic hydroxyl groups is 9. The highest BCUT2D eigenvalue weighted by Gasteiger charge is 2.68. The lowest BCUT2D eigenvalue weighted by Crippen LogP contribution is -2.60. The van der Waals surface area contributed by atoms with Gasteiger partial charge in [0.25, 0.3) is 0 Å². The molecule has 0 aromatic heterocycles. The summed E-state index contributed by atoms with van der Waals surface area (Å²) in [5.74, 6) is 1.11. The van der Waals surface area contributed by atoms with E-state index < -0.39 is 80.4 Å². The van der Waals surface area contributed by atoms with Gasteiger partial charge >= 0.3 is 0 Å². The van der Waals surface area contributed by atoms with Crippen LogP contribution >= 0.6 is 0 Å². The van der Waals surface area contributed by atoms with E-state index in [1.165, 1.54) is 0 Å². The number of aliphatic hydroxyl groups excluding tert-OH is 8. The zero-order chi connectivity index (χ0) is 38.2. The Labute approximate surface area is 312 Å². The van der Waals surface area contributed by atoms with Crippen LogP contribution in [0.1, 0.15) is 91.9 Å². The molecule has 22 atom stereocenters. The molecule has 7 aliphatic rings. The predicted octanol–water partition coefficient (Wildman–Crippen LogP) is 0.397. The maximum Gasteiger partial charge on any atom is 0.186 e. The average Bonchev–Trinajstić information content (AvgIpc) is 3.57. The highest BCUT2D eigenvalue weighted by molar-refractivity contribution is 5.15. The van der Waals surface area contributed by atoms with Crippen LogP contribution in [0.2, 0.25) is 0 Å². The fourth-order valence-electron chi connectivity index (χ4n) is 12.7. The zero-order valence-corrected chi connectivity index (χ0v) is 31.7. The standard InChI is InChI=1S/C39H66O14/c1-18(17-49-35-33(46)31(44)29(42)26(15-40)51-35)7-12-39(48)19(2)28-25(53-39)14-24-22-6-5-20-13-21(8-10-37(20,3)23(22)9-11-38(24,28)4)50-36-34(47)32(45)30(43)27(16-41)52-36/h18-36,40-48H,5-17H2,1-4H3/t18-,19-,20+,21-,22+,23-,24-,25-,26+,27+,28-,29-,30-,31-,32-,33+,34+,35+,36+,37-,38-,39?/m0/s1. The van der Waals surface area contributed by atoms with Crippen molar-refractivity contribution in [3.8, 4) is 0 Å². The molecule has 3 aliphatic heterocycles. The number of rotatable bonds is 10. The molecule has 0 aromatic carbocycles. The van der Waals surface area contributed by atoms with Gasteiger partial charge in [-0.05, 0) is 104 Å². The molecule has 4 saturated carbocycles. The van der Waals surface area contributed by atoms with Gasteiger partial charge in [0.05, 0.1) is 32.0 Å². The van der Waals surface area contributed by atoms with Crippen molar-refractivity contribution in [1.82, 2.24) is 0 Å². The van der Waals surface area contributed by atoms with Gasteiger partial charge in [-0.3, -0.25) is 0 Å². The van der Waals surface area contributed by atoms with Crippen molar-refractivity contribution in [1.29, 1.82) is 0 Å². The van der Waals surface area contributed by atoms with Gasteiger partial charge in [0.2, 0.25) is 0 Å². The van der Waals surface area contributed by atoms with Crippen LogP contribution in [0.3, 0.4) is 0 Å². The monoisotopic (exact) mass is 758 g/mol. The Kier molecular flexibility index (Phi) is 11.7. The van der Waals surface area contributed by atoms with E-state index in [2.05, 4.69) is 20.8 Å². The fourth-order valence-corrected chi connectivity index (χ4v) is 12.7. The smallest absolute Gasteiger partial charge is 0.186 e. The van der Waals surface area contributed by atoms with Crippen LogP contribution in [-0.2, 0) is 23.7 Å². The van der Waals surface area contributed by atoms with Crippen LogP contribution in [0.15, 0.2) is 0 Å². The Morgan fingerprint density at radius 3 is 2.02 bits per heavy atom. The molecule has 3 heterocycles. The average molecular weight is 759 g/mol. The molecule has 7 rings (SSSR count). The lowest BCUT2D eigenvalue weighted by atomic mass is 9.44. The van der Waals surface area contributed by atoms with Crippen LogP contribution in [0.25, 0.3) is 0 Å². The van der Waals surface area contributed by atoms with Crippen molar-refractivity contribution in [2.45, 2.75) is 171 Å². The van der Waals surface area contributed by atoms with Gasteiger partial charge in [0.15, 0.2) is 18.4 Å². The minimum absolute atomic E-state index is 0.00220. The molecule has 53 heavy (non-hydrogen) atoms. The first-order chi connectivity index (χ1) is 25.1. The Morgan fingerprint density at radius 1 is 0.736 bits per heavy atom. The highest BCUT2D eigenvalue weighted by atomic mass is 16.7. The third kappa shape index (κ3) is 6.96. The normalized spacial score (nSPS) is 55.9. The molecule has 14 heteroatoms. The number of fused-ring (bicyclic) bond motifs is 7. The maximum atomic E-state index is 12.0. The van der Waals surface area contributed by atoms with Gasteiger partial charge in [0, 0.05) is 12.3 Å². The van der Waals surface area contributed by atoms with E-state index in [1.807, 2.05) is 6.92 Å². The maximum absolute atomic E-state index is 12.0. The van der Waals surface area contributed by atoms with E-state index in [-0.39, 0.29) is 47.4 Å². The van der Waals surface area contributed by atoms with Crippen LogP contribution < -0.4 is 0 Å². The number of hydrogen-bond donors (Lipinski definition) is 9. The van der Waals surface area contributed by atoms with E-state index >= 15 is 0 Å². The minimum Gasteiger partial charge on any atom is -0.394 e. The summed E-state index contributed by atoms with van der Waals surface area (Å²) in [6.07, 6.45) is -3.89. The van der Waals surface area contributed by atoms with Gasteiger partial charge in [-0.15, -0.1) is 0 Å². The largest absolute Gasteiger partial charge is 0.394 e. The number of hydrogen-bond acceptors (Lipinski definition) is 14. The van der Waals surface area contributed by atoms with Crippen LogP contribution in [0, 0.1) is 52.3 Å². The first-order valence-corrected chi connectivity index (χ1v) is 20.3. The molecule has 9 N–H and O–H groups in total. The number of ether oxygens (including phenoxy) is 5. The van der Waals surface area contributed by atoms with Gasteiger partial charge in [-0.25, -0.2) is 0 Å². The third-order valence-electron chi connectivity index (χ3n) is 15.9. The predicted molar refractivity (Wildman–Crippen MR) is 186 cm³/mol. The third-order valence-corrected chi connectivity index (χ3v) is 15.9. The van der Waals surface area contributed by atoms with Crippen molar-refractivity contribution >= 4 is 0 Å². The molecule has 0 amide bonds. The van der Waals surface area contributed by atoms with Crippen LogP contribution in [-0.4, -0.2) is 145 Å². The molecule has 0 bridgehead atoms. The van der Waals surface area contributed by atoms with Gasteiger partial charge in [-0.1, -0.05) is 27.7 Å². The second-order valence-electron chi connectivity index (χ2n) is 18.7. The minimum atomic E-state index is -1.49. The highest BCUT2D eigenvalue weighted by Crippen LogP contribution is 2.71. The first kappa shape index (κ1) is 40.6. The summed E-state index contributed by atoms with van der Waals surface area (Å²) < 4.78 is 29.8. The summed E-state index contributed by atoms with van der Waals surface area (Å²) in [6.45, 7) is 8.25. The second-order valence-corrected chi connectivity index (χ2v) is 18.7. The van der Waals surface area contributed by atoms with Crippen molar-refractivity contribution < 1.29 is 69.6 Å². The summed E-state index contributed by atoms with van der Waals surface area (Å²) in [6, 6.07) is 0. The van der Waals surface area contributed by atoms with Crippen LogP contribution in [0.5, 0.6) is 0 Å². The first-order valence-electron chi connectivity index (χ1n) is 20.3. The molecular weight excluding hydrogens is 692 g/mol. The SMILES string of the molecule is C[C@@H](CCC1(O)O[C@H]2C[C@H]3[C@@H]4CC[C@@H]5C[C@@H](O[C@@H]6O[C@H](CO)[C@H](O)[C@H](O)[C@H]6O)CC[C@]5(C)[C@H]4CC[C@]3(C)[C@H]2[C@@H]1C)CO[C@@H]1O[C@H](CO)[C@H](O)[C@H](O)[C@H]1O. The second kappa shape index (κ2) is 15.3. The quantitative estimate of drug-likeness (QED) is 0.138. The summed E-state index contributed by atoms with van der Waals surface area (Å²) in [4.78, 5) is 0. The summed E-state index contributed by atoms with van der Waals surface area (Å²) in [5, 5.41) is 92.5. The van der Waals surface area contributed by atoms with Crippen molar-refractivity contribution in [2.24, 2.45) is 52.3 Å². The zero-order valence-electron chi connectivity index (χ0n) is 31.7. The van der Waals surface area contributed by atoms with E-state index in [0.29, 0.717) is 36.5 Å². The van der Waals surface area contributed by atoms with E-state index in [4.69, 9.17) is 23.7 Å². The van der Waals surface area contributed by atoms with Crippen LogP contribution in [0.4, 0.5) is 0 Å². The van der Waals surface area contributed by atoms with E-state index in [1.54, 1.807) is 0 Å². The molecule has 0 aromatic rings. The summed E-state index contributed by atoms with van der Waals surface area (Å²) in [7, 11) is 0. The molecular formula is C39H66O14. The Balaban J connectivity index is 0.931. The van der Waals surface area contributed by atoms with Crippen molar-refractivity contribution in [3.63, 3.8) is 0 Å². The van der Waals surface area contributed by atoms with Crippen molar-refractivity contribution in [3.05, 3.63) is 0 Å². The summed E-state index contributed by atoms with van der Waals surface area (Å²) >= 11 is 0. The topological polar surface area (TPSA) is 228 Å². The Morgan fingerprint density at radius 2 is 1.36 bits per heavy atom. The van der Waals surface area contributed by atoms with Crippen molar-refractivity contribution in [2.75, 3.05) is 19.8 Å². The lowest BCUT2D eigenvalue weighted by molar-refractivity contribution is -0.316. The van der Waals surface area contributed by atoms with E-state index in [9.17, 15) is 46.0 Å². The van der Waals surface area contributed by atoms with Gasteiger partial charge in [-0.2, -0.15) is 0 Å². The lowest BCUT2D eigenvalue weighted by Gasteiger charge is -2.61. The molecule has 3 saturated heterocycles. The Hall–Kier alpha value is -0.560.